The zero-order valence-electron chi connectivity index (χ0n) is 10.9. The molecule has 0 aliphatic carbocycles. The van der Waals surface area contributed by atoms with Crippen LogP contribution < -0.4 is 0 Å². The van der Waals surface area contributed by atoms with Crippen molar-refractivity contribution in [1.29, 1.82) is 0 Å². The summed E-state index contributed by atoms with van der Waals surface area (Å²) >= 11 is 0. The molecular weight excluding hydrogens is 224 g/mol. The molecule has 0 N–H and O–H groups in total. The van der Waals surface area contributed by atoms with Gasteiger partial charge in [0.15, 0.2) is 0 Å². The average Bonchev–Trinajstić information content (AvgIpc) is 2.42. The Bertz CT molecular complexity index is 461. The zero-order chi connectivity index (χ0) is 13.2. The predicted octanol–water partition coefficient (Wildman–Crippen LogP) is 3.44. The van der Waals surface area contributed by atoms with E-state index in [1.807, 2.05) is 30.3 Å². The molecule has 0 saturated carbocycles. The number of unbranched alkanes of at least 4 members (excludes halogenated alkanes) is 2. The van der Waals surface area contributed by atoms with Crippen LogP contribution in [0.5, 0.6) is 0 Å². The van der Waals surface area contributed by atoms with Gasteiger partial charge in [-0.05, 0) is 18.1 Å². The number of ether oxygens (including phenoxy) is 1. The molecule has 0 fully saturated rings. The maximum Gasteiger partial charge on any atom is 0.346 e. The van der Waals surface area contributed by atoms with Gasteiger partial charge in [0.1, 0.15) is 5.57 Å². The van der Waals surface area contributed by atoms with Crippen LogP contribution in [0.25, 0.3) is 6.08 Å². The van der Waals surface area contributed by atoms with E-state index in [-0.39, 0.29) is 5.97 Å². The van der Waals surface area contributed by atoms with Crippen LogP contribution in [0.3, 0.4) is 0 Å². The quantitative estimate of drug-likeness (QED) is 0.350. The molecule has 0 saturated heterocycles. The van der Waals surface area contributed by atoms with Crippen LogP contribution >= 0.6 is 0 Å². The lowest BCUT2D eigenvalue weighted by atomic mass is 10.1. The van der Waals surface area contributed by atoms with Crippen molar-refractivity contribution >= 4 is 12.0 Å². The van der Waals surface area contributed by atoms with E-state index in [1.165, 1.54) is 7.11 Å². The number of carbonyl (C=O) groups is 1. The Balaban J connectivity index is 2.87. The number of carbonyl (C=O) groups excluding carboxylic acids is 1. The summed E-state index contributed by atoms with van der Waals surface area (Å²) in [6.07, 6.45) is 4.71. The van der Waals surface area contributed by atoms with Crippen LogP contribution in [0.1, 0.15) is 31.7 Å². The molecule has 1 aromatic carbocycles. The van der Waals surface area contributed by atoms with Gasteiger partial charge in [-0.1, -0.05) is 55.5 Å². The van der Waals surface area contributed by atoms with Crippen molar-refractivity contribution in [2.75, 3.05) is 7.11 Å². The van der Waals surface area contributed by atoms with E-state index < -0.39 is 0 Å². The molecule has 0 aliphatic rings. The minimum absolute atomic E-state index is 0.386. The van der Waals surface area contributed by atoms with Crippen LogP contribution in [0.2, 0.25) is 0 Å². The van der Waals surface area contributed by atoms with Gasteiger partial charge in [0.05, 0.1) is 7.11 Å². The molecule has 0 bridgehead atoms. The molecule has 0 radical (unpaired) electrons. The second-order valence-corrected chi connectivity index (χ2v) is 3.87. The van der Waals surface area contributed by atoms with Gasteiger partial charge in [-0.3, -0.25) is 0 Å². The first kappa shape index (κ1) is 14.1. The summed E-state index contributed by atoms with van der Waals surface area (Å²) in [4.78, 5) is 11.6. The van der Waals surface area contributed by atoms with E-state index in [4.69, 9.17) is 4.74 Å². The molecule has 0 unspecified atom stereocenters. The SMILES string of the molecule is CCCCC#CC(=Cc1ccccc1)C(=O)OC. The third-order valence-corrected chi connectivity index (χ3v) is 2.39. The molecule has 2 nitrogen and oxygen atoms in total. The summed E-state index contributed by atoms with van der Waals surface area (Å²) in [6, 6.07) is 9.63. The Kier molecular flexibility index (Phi) is 6.35. The van der Waals surface area contributed by atoms with Gasteiger partial charge >= 0.3 is 5.97 Å². The highest BCUT2D eigenvalue weighted by Crippen LogP contribution is 2.07. The highest BCUT2D eigenvalue weighted by molar-refractivity contribution is 5.98. The third-order valence-electron chi connectivity index (χ3n) is 2.39. The second kappa shape index (κ2) is 8.14. The molecule has 0 aromatic heterocycles. The number of hydrogen-bond donors (Lipinski definition) is 0. The fourth-order valence-corrected chi connectivity index (χ4v) is 1.39. The lowest BCUT2D eigenvalue weighted by molar-refractivity contribution is -0.135. The predicted molar refractivity (Wildman–Crippen MR) is 73.7 cm³/mol. The smallest absolute Gasteiger partial charge is 0.346 e. The summed E-state index contributed by atoms with van der Waals surface area (Å²) in [7, 11) is 1.37. The standard InChI is InChI=1S/C16H18O2/c1-3-4-5-9-12-15(16(17)18-2)13-14-10-7-6-8-11-14/h6-8,10-11,13H,3-5H2,1-2H3. The molecule has 0 heterocycles. The van der Waals surface area contributed by atoms with Crippen LogP contribution in [-0.2, 0) is 9.53 Å². The maximum atomic E-state index is 11.6. The summed E-state index contributed by atoms with van der Waals surface area (Å²) < 4.78 is 4.73. The molecule has 0 amide bonds. The molecule has 0 atom stereocenters. The normalized spacial score (nSPS) is 10.4. The maximum absolute atomic E-state index is 11.6. The van der Waals surface area contributed by atoms with Crippen LogP contribution in [0.4, 0.5) is 0 Å². The van der Waals surface area contributed by atoms with Crippen LogP contribution in [-0.4, -0.2) is 13.1 Å². The van der Waals surface area contributed by atoms with Crippen LogP contribution in [0, 0.1) is 11.8 Å². The topological polar surface area (TPSA) is 26.3 Å². The van der Waals surface area contributed by atoms with Gasteiger partial charge in [0, 0.05) is 6.42 Å². The van der Waals surface area contributed by atoms with Gasteiger partial charge in [-0.15, -0.1) is 0 Å². The minimum Gasteiger partial charge on any atom is -0.465 e. The van der Waals surface area contributed by atoms with E-state index >= 15 is 0 Å². The Labute approximate surface area is 109 Å². The molecule has 18 heavy (non-hydrogen) atoms. The molecule has 94 valence electrons. The highest BCUT2D eigenvalue weighted by atomic mass is 16.5. The second-order valence-electron chi connectivity index (χ2n) is 3.87. The lowest BCUT2D eigenvalue weighted by Crippen LogP contribution is -2.02. The van der Waals surface area contributed by atoms with Crippen molar-refractivity contribution in [1.82, 2.24) is 0 Å². The van der Waals surface area contributed by atoms with Gasteiger partial charge in [0.2, 0.25) is 0 Å². The van der Waals surface area contributed by atoms with E-state index in [2.05, 4.69) is 18.8 Å². The summed E-state index contributed by atoms with van der Waals surface area (Å²) in [5.41, 5.74) is 1.35. The Hall–Kier alpha value is -2.01. The minimum atomic E-state index is -0.386. The molecule has 0 aliphatic heterocycles. The summed E-state index contributed by atoms with van der Waals surface area (Å²) in [6.45, 7) is 2.11. The number of esters is 1. The summed E-state index contributed by atoms with van der Waals surface area (Å²) in [5, 5.41) is 0. The Morgan fingerprint density at radius 2 is 2.06 bits per heavy atom. The number of rotatable bonds is 4. The Morgan fingerprint density at radius 3 is 2.67 bits per heavy atom. The molecule has 2 heteroatoms. The largest absolute Gasteiger partial charge is 0.465 e. The summed E-state index contributed by atoms with van der Waals surface area (Å²) in [5.74, 6) is 5.51. The van der Waals surface area contributed by atoms with Crippen molar-refractivity contribution in [2.24, 2.45) is 0 Å². The highest BCUT2D eigenvalue weighted by Gasteiger charge is 2.06. The van der Waals surface area contributed by atoms with Crippen molar-refractivity contribution in [3.63, 3.8) is 0 Å². The van der Waals surface area contributed by atoms with Gasteiger partial charge in [0.25, 0.3) is 0 Å². The number of methoxy groups -OCH3 is 1. The fraction of sp³-hybridized carbons (Fsp3) is 0.312. The van der Waals surface area contributed by atoms with E-state index in [1.54, 1.807) is 6.08 Å². The average molecular weight is 242 g/mol. The van der Waals surface area contributed by atoms with E-state index in [9.17, 15) is 4.79 Å². The number of benzene rings is 1. The van der Waals surface area contributed by atoms with Gasteiger partial charge in [-0.2, -0.15) is 0 Å². The van der Waals surface area contributed by atoms with Crippen LogP contribution in [0.15, 0.2) is 35.9 Å². The first-order valence-corrected chi connectivity index (χ1v) is 6.12. The van der Waals surface area contributed by atoms with Gasteiger partial charge < -0.3 is 4.74 Å². The first-order valence-electron chi connectivity index (χ1n) is 6.12. The van der Waals surface area contributed by atoms with Crippen molar-refractivity contribution in [3.05, 3.63) is 41.5 Å². The number of hydrogen-bond acceptors (Lipinski definition) is 2. The third kappa shape index (κ3) is 4.88. The van der Waals surface area contributed by atoms with E-state index in [0.717, 1.165) is 24.8 Å². The molecule has 1 aromatic rings. The molecule has 1 rings (SSSR count). The van der Waals surface area contributed by atoms with Gasteiger partial charge in [-0.25, -0.2) is 4.79 Å². The molecular formula is C16H18O2. The van der Waals surface area contributed by atoms with Crippen molar-refractivity contribution in [3.8, 4) is 11.8 Å². The zero-order valence-corrected chi connectivity index (χ0v) is 10.9. The first-order chi connectivity index (χ1) is 8.77. The van der Waals surface area contributed by atoms with Crippen molar-refractivity contribution < 1.29 is 9.53 Å². The monoisotopic (exact) mass is 242 g/mol. The van der Waals surface area contributed by atoms with Crippen molar-refractivity contribution in [2.45, 2.75) is 26.2 Å². The lowest BCUT2D eigenvalue weighted by Gasteiger charge is -1.98. The fourth-order valence-electron chi connectivity index (χ4n) is 1.39. The van der Waals surface area contributed by atoms with E-state index in [0.29, 0.717) is 5.57 Å². The molecule has 0 spiro atoms. The Morgan fingerprint density at radius 1 is 1.33 bits per heavy atom.